The van der Waals surface area contributed by atoms with Crippen LogP contribution in [0.25, 0.3) is 0 Å². The molecule has 1 saturated carbocycles. The molecule has 1 aliphatic carbocycles. The van der Waals surface area contributed by atoms with Crippen LogP contribution in [0.1, 0.15) is 49.2 Å². The minimum absolute atomic E-state index is 0.0255. The number of halogens is 2. The summed E-state index contributed by atoms with van der Waals surface area (Å²) >= 11 is 12.1. The monoisotopic (exact) mass is 435 g/mol. The SMILES string of the molecule is CCC(C)N(CC(=O)N(Cc1cccn1C)C1CC1)C(=O)c1ccc(Cl)c(Cl)c1. The third-order valence-corrected chi connectivity index (χ3v) is 6.29. The third kappa shape index (κ3) is 5.14. The van der Waals surface area contributed by atoms with Crippen LogP contribution < -0.4 is 0 Å². The first-order valence-electron chi connectivity index (χ1n) is 9.97. The van der Waals surface area contributed by atoms with E-state index in [0.717, 1.165) is 25.0 Å². The lowest BCUT2D eigenvalue weighted by Gasteiger charge is -2.31. The second-order valence-electron chi connectivity index (χ2n) is 7.68. The van der Waals surface area contributed by atoms with Crippen LogP contribution in [0.15, 0.2) is 36.5 Å². The van der Waals surface area contributed by atoms with Crippen molar-refractivity contribution in [2.24, 2.45) is 7.05 Å². The van der Waals surface area contributed by atoms with Crippen LogP contribution in [0.4, 0.5) is 0 Å². The molecule has 0 N–H and O–H groups in total. The molecule has 0 aliphatic heterocycles. The maximum atomic E-state index is 13.2. The average Bonchev–Trinajstić information content (AvgIpc) is 3.47. The van der Waals surface area contributed by atoms with Gasteiger partial charge in [0.2, 0.25) is 5.91 Å². The summed E-state index contributed by atoms with van der Waals surface area (Å²) in [5.41, 5.74) is 1.52. The zero-order valence-corrected chi connectivity index (χ0v) is 18.6. The highest BCUT2D eigenvalue weighted by Gasteiger charge is 2.35. The van der Waals surface area contributed by atoms with E-state index in [-0.39, 0.29) is 30.4 Å². The van der Waals surface area contributed by atoms with Gasteiger partial charge in [0.15, 0.2) is 0 Å². The molecule has 0 bridgehead atoms. The van der Waals surface area contributed by atoms with E-state index in [1.165, 1.54) is 0 Å². The van der Waals surface area contributed by atoms with Crippen molar-refractivity contribution in [3.8, 4) is 0 Å². The Balaban J connectivity index is 1.79. The highest BCUT2D eigenvalue weighted by molar-refractivity contribution is 6.42. The molecule has 0 saturated heterocycles. The molecule has 1 aromatic carbocycles. The molecule has 0 spiro atoms. The fraction of sp³-hybridized carbons (Fsp3) is 0.455. The minimum Gasteiger partial charge on any atom is -0.353 e. The Morgan fingerprint density at radius 2 is 1.93 bits per heavy atom. The van der Waals surface area contributed by atoms with Crippen LogP contribution in [0.2, 0.25) is 10.0 Å². The standard InChI is InChI=1S/C22H27Cl2N3O2/c1-4-15(2)26(22(29)16-7-10-19(23)20(24)12-16)14-21(28)27(17-8-9-17)13-18-6-5-11-25(18)3/h5-7,10-12,15,17H,4,8-9,13-14H2,1-3H3. The molecule has 5 nitrogen and oxygen atoms in total. The summed E-state index contributed by atoms with van der Waals surface area (Å²) in [4.78, 5) is 29.9. The molecular formula is C22H27Cl2N3O2. The summed E-state index contributed by atoms with van der Waals surface area (Å²) in [6.45, 7) is 4.57. The lowest BCUT2D eigenvalue weighted by molar-refractivity contribution is -0.133. The van der Waals surface area contributed by atoms with E-state index < -0.39 is 0 Å². The Kier molecular flexibility index (Phi) is 6.91. The van der Waals surface area contributed by atoms with Gasteiger partial charge in [0.05, 0.1) is 16.6 Å². The van der Waals surface area contributed by atoms with Crippen molar-refractivity contribution in [2.75, 3.05) is 6.54 Å². The van der Waals surface area contributed by atoms with Crippen LogP contribution in [0, 0.1) is 0 Å². The van der Waals surface area contributed by atoms with Crippen LogP contribution in [0.3, 0.4) is 0 Å². The highest BCUT2D eigenvalue weighted by atomic mass is 35.5. The first-order chi connectivity index (χ1) is 13.8. The Labute approximate surface area is 182 Å². The fourth-order valence-corrected chi connectivity index (χ4v) is 3.62. The van der Waals surface area contributed by atoms with Gasteiger partial charge in [0.25, 0.3) is 5.91 Å². The number of hydrogen-bond acceptors (Lipinski definition) is 2. The van der Waals surface area contributed by atoms with E-state index in [4.69, 9.17) is 23.2 Å². The number of benzene rings is 1. The van der Waals surface area contributed by atoms with Crippen molar-refractivity contribution in [3.63, 3.8) is 0 Å². The normalized spacial score (nSPS) is 14.5. The summed E-state index contributed by atoms with van der Waals surface area (Å²) in [6.07, 6.45) is 4.76. The lowest BCUT2D eigenvalue weighted by Crippen LogP contribution is -2.47. The predicted molar refractivity (Wildman–Crippen MR) is 116 cm³/mol. The first-order valence-corrected chi connectivity index (χ1v) is 10.7. The Bertz CT molecular complexity index is 892. The number of carbonyl (C=O) groups excluding carboxylic acids is 2. The van der Waals surface area contributed by atoms with Gasteiger partial charge in [-0.1, -0.05) is 30.1 Å². The van der Waals surface area contributed by atoms with Gasteiger partial charge in [-0.3, -0.25) is 9.59 Å². The van der Waals surface area contributed by atoms with E-state index in [0.29, 0.717) is 22.2 Å². The van der Waals surface area contributed by atoms with E-state index >= 15 is 0 Å². The van der Waals surface area contributed by atoms with Crippen molar-refractivity contribution in [3.05, 3.63) is 57.8 Å². The number of rotatable bonds is 8. The van der Waals surface area contributed by atoms with Gasteiger partial charge in [-0.2, -0.15) is 0 Å². The van der Waals surface area contributed by atoms with Crippen LogP contribution in [-0.2, 0) is 18.4 Å². The molecule has 2 amide bonds. The number of nitrogens with zero attached hydrogens (tertiary/aromatic N) is 3. The number of amides is 2. The second kappa shape index (κ2) is 9.23. The molecule has 3 rings (SSSR count). The van der Waals surface area contributed by atoms with Crippen LogP contribution in [0.5, 0.6) is 0 Å². The smallest absolute Gasteiger partial charge is 0.254 e. The van der Waals surface area contributed by atoms with Gasteiger partial charge in [-0.05, 0) is 56.5 Å². The molecule has 1 aromatic heterocycles. The molecule has 156 valence electrons. The van der Waals surface area contributed by atoms with Crippen LogP contribution in [-0.4, -0.2) is 44.8 Å². The van der Waals surface area contributed by atoms with Crippen molar-refractivity contribution in [1.29, 1.82) is 0 Å². The molecule has 0 radical (unpaired) electrons. The quantitative estimate of drug-likeness (QED) is 0.599. The van der Waals surface area contributed by atoms with Gasteiger partial charge in [0, 0.05) is 36.6 Å². The first kappa shape index (κ1) is 21.7. The van der Waals surface area contributed by atoms with Crippen molar-refractivity contribution < 1.29 is 9.59 Å². The van der Waals surface area contributed by atoms with Gasteiger partial charge in [0.1, 0.15) is 6.54 Å². The van der Waals surface area contributed by atoms with Crippen molar-refractivity contribution >= 4 is 35.0 Å². The van der Waals surface area contributed by atoms with Crippen molar-refractivity contribution in [1.82, 2.24) is 14.4 Å². The molecular weight excluding hydrogens is 409 g/mol. The topological polar surface area (TPSA) is 45.6 Å². The van der Waals surface area contributed by atoms with E-state index in [9.17, 15) is 9.59 Å². The number of carbonyl (C=O) groups is 2. The van der Waals surface area contributed by atoms with Gasteiger partial charge in [-0.15, -0.1) is 0 Å². The van der Waals surface area contributed by atoms with E-state index in [1.807, 2.05) is 48.7 Å². The van der Waals surface area contributed by atoms with Gasteiger partial charge in [-0.25, -0.2) is 0 Å². The van der Waals surface area contributed by atoms with Gasteiger partial charge < -0.3 is 14.4 Å². The summed E-state index contributed by atoms with van der Waals surface area (Å²) in [7, 11) is 1.98. The maximum absolute atomic E-state index is 13.2. The average molecular weight is 436 g/mol. The van der Waals surface area contributed by atoms with Gasteiger partial charge >= 0.3 is 0 Å². The molecule has 1 heterocycles. The summed E-state index contributed by atoms with van der Waals surface area (Å²) < 4.78 is 2.02. The number of aryl methyl sites for hydroxylation is 1. The lowest BCUT2D eigenvalue weighted by atomic mass is 10.1. The Morgan fingerprint density at radius 1 is 1.21 bits per heavy atom. The summed E-state index contributed by atoms with van der Waals surface area (Å²) in [6, 6.07) is 9.02. The van der Waals surface area contributed by atoms with E-state index in [1.54, 1.807) is 23.1 Å². The molecule has 1 unspecified atom stereocenters. The molecule has 29 heavy (non-hydrogen) atoms. The predicted octanol–water partition coefficient (Wildman–Crippen LogP) is 4.76. The van der Waals surface area contributed by atoms with Crippen LogP contribution >= 0.6 is 23.2 Å². The molecule has 1 fully saturated rings. The molecule has 7 heteroatoms. The number of aromatic nitrogens is 1. The van der Waals surface area contributed by atoms with E-state index in [2.05, 4.69) is 0 Å². The minimum atomic E-state index is -0.208. The van der Waals surface area contributed by atoms with Crippen molar-refractivity contribution in [2.45, 2.75) is 51.7 Å². The zero-order chi connectivity index (χ0) is 21.1. The fourth-order valence-electron chi connectivity index (χ4n) is 3.32. The molecule has 1 aliphatic rings. The summed E-state index contributed by atoms with van der Waals surface area (Å²) in [5.74, 6) is -0.233. The second-order valence-corrected chi connectivity index (χ2v) is 8.50. The summed E-state index contributed by atoms with van der Waals surface area (Å²) in [5, 5.41) is 0.730. The Morgan fingerprint density at radius 3 is 2.48 bits per heavy atom. The molecule has 1 atom stereocenters. The Hall–Kier alpha value is -1.98. The zero-order valence-electron chi connectivity index (χ0n) is 17.1. The maximum Gasteiger partial charge on any atom is 0.254 e. The molecule has 2 aromatic rings. The number of hydrogen-bond donors (Lipinski definition) is 0. The highest BCUT2D eigenvalue weighted by Crippen LogP contribution is 2.29. The largest absolute Gasteiger partial charge is 0.353 e. The third-order valence-electron chi connectivity index (χ3n) is 5.55.